The van der Waals surface area contributed by atoms with Crippen LogP contribution in [-0.2, 0) is 4.79 Å². The summed E-state index contributed by atoms with van der Waals surface area (Å²) in [7, 11) is 0. The number of amides is 3. The number of nitrogens with one attached hydrogen (secondary N) is 2. The Bertz CT molecular complexity index is 609. The van der Waals surface area contributed by atoms with Crippen LogP contribution in [0.1, 0.15) is 45.1 Å². The van der Waals surface area contributed by atoms with Crippen LogP contribution in [0.3, 0.4) is 0 Å². The van der Waals surface area contributed by atoms with Crippen molar-refractivity contribution in [2.75, 3.05) is 18.4 Å². The van der Waals surface area contributed by atoms with E-state index in [1.807, 2.05) is 30.0 Å². The minimum Gasteiger partial charge on any atom is -0.342 e. The summed E-state index contributed by atoms with van der Waals surface area (Å²) in [5.74, 6) is 0.392. The van der Waals surface area contributed by atoms with E-state index in [-0.39, 0.29) is 23.9 Å². The van der Waals surface area contributed by atoms with Crippen LogP contribution in [-0.4, -0.2) is 36.0 Å². The molecule has 6 heteroatoms. The first kappa shape index (κ1) is 19.8. The molecule has 0 aliphatic carbocycles. The maximum absolute atomic E-state index is 12.4. The lowest BCUT2D eigenvalue weighted by Gasteiger charge is -2.34. The lowest BCUT2D eigenvalue weighted by atomic mass is 9.98. The Morgan fingerprint density at radius 1 is 1.24 bits per heavy atom. The quantitative estimate of drug-likeness (QED) is 0.760. The second-order valence-corrected chi connectivity index (χ2v) is 7.55. The molecule has 1 fully saturated rings. The van der Waals surface area contributed by atoms with Gasteiger partial charge in [0.25, 0.3) is 0 Å². The van der Waals surface area contributed by atoms with E-state index in [2.05, 4.69) is 40.4 Å². The minimum atomic E-state index is -0.200. The van der Waals surface area contributed by atoms with E-state index in [0.717, 1.165) is 41.4 Å². The van der Waals surface area contributed by atoms with Crippen LogP contribution in [0.2, 0.25) is 0 Å². The Kier molecular flexibility index (Phi) is 7.29. The maximum Gasteiger partial charge on any atom is 0.319 e. The van der Waals surface area contributed by atoms with Gasteiger partial charge in [-0.25, -0.2) is 4.79 Å². The first-order chi connectivity index (χ1) is 11.9. The number of aryl methyl sites for hydroxylation is 1. The molecule has 2 rings (SSSR count). The van der Waals surface area contributed by atoms with Gasteiger partial charge in [0.2, 0.25) is 5.91 Å². The third-order valence-corrected chi connectivity index (χ3v) is 5.51. The fraction of sp³-hybridized carbons (Fsp3) is 0.579. The average Bonchev–Trinajstić information content (AvgIpc) is 2.59. The molecule has 1 aromatic carbocycles. The van der Waals surface area contributed by atoms with Crippen molar-refractivity contribution in [1.29, 1.82) is 0 Å². The first-order valence-corrected chi connectivity index (χ1v) is 9.86. The zero-order valence-corrected chi connectivity index (χ0v) is 16.9. The van der Waals surface area contributed by atoms with Gasteiger partial charge in [0.15, 0.2) is 0 Å². The number of urea groups is 1. The van der Waals surface area contributed by atoms with Crippen LogP contribution in [0.15, 0.2) is 22.7 Å². The highest BCUT2D eigenvalue weighted by Gasteiger charge is 2.27. The smallest absolute Gasteiger partial charge is 0.319 e. The SMILES string of the molecule is CCC(CC)C(=O)N1CCC(NC(=O)Nc2ccc(C)cc2Br)CC1. The summed E-state index contributed by atoms with van der Waals surface area (Å²) in [6, 6.07) is 5.72. The number of likely N-dealkylation sites (tertiary alicyclic amines) is 1. The second-order valence-electron chi connectivity index (χ2n) is 6.69. The number of benzene rings is 1. The number of hydrogen-bond donors (Lipinski definition) is 2. The Morgan fingerprint density at radius 2 is 1.88 bits per heavy atom. The summed E-state index contributed by atoms with van der Waals surface area (Å²) in [5, 5.41) is 5.89. The van der Waals surface area contributed by atoms with Crippen LogP contribution >= 0.6 is 15.9 Å². The Hall–Kier alpha value is -1.56. The summed E-state index contributed by atoms with van der Waals surface area (Å²) in [5.41, 5.74) is 1.89. The van der Waals surface area contributed by atoms with Crippen molar-refractivity contribution in [2.45, 2.75) is 52.5 Å². The van der Waals surface area contributed by atoms with Crippen molar-refractivity contribution >= 4 is 33.6 Å². The monoisotopic (exact) mass is 409 g/mol. The van der Waals surface area contributed by atoms with Gasteiger partial charge in [-0.15, -0.1) is 0 Å². The number of rotatable bonds is 5. The average molecular weight is 410 g/mol. The predicted octanol–water partition coefficient (Wildman–Crippen LogP) is 4.31. The Morgan fingerprint density at radius 3 is 2.44 bits per heavy atom. The van der Waals surface area contributed by atoms with Crippen molar-refractivity contribution in [3.63, 3.8) is 0 Å². The number of nitrogens with zero attached hydrogens (tertiary/aromatic N) is 1. The van der Waals surface area contributed by atoms with E-state index < -0.39 is 0 Å². The molecule has 2 N–H and O–H groups in total. The van der Waals surface area contributed by atoms with Crippen LogP contribution in [0.4, 0.5) is 10.5 Å². The van der Waals surface area contributed by atoms with Crippen molar-refractivity contribution in [2.24, 2.45) is 5.92 Å². The molecule has 0 bridgehead atoms. The lowest BCUT2D eigenvalue weighted by molar-refractivity contribution is -0.136. The highest BCUT2D eigenvalue weighted by molar-refractivity contribution is 9.10. The molecule has 1 aromatic rings. The third-order valence-electron chi connectivity index (χ3n) is 4.85. The number of anilines is 1. The molecule has 3 amide bonds. The molecule has 0 spiro atoms. The molecule has 0 saturated carbocycles. The van der Waals surface area contributed by atoms with E-state index >= 15 is 0 Å². The molecule has 1 saturated heterocycles. The largest absolute Gasteiger partial charge is 0.342 e. The van der Waals surface area contributed by atoms with Gasteiger partial charge in [0, 0.05) is 29.5 Å². The topological polar surface area (TPSA) is 61.4 Å². The lowest BCUT2D eigenvalue weighted by Crippen LogP contribution is -2.48. The number of carbonyl (C=O) groups excluding carboxylic acids is 2. The standard InChI is InChI=1S/C19H28BrN3O2/c1-4-14(5-2)18(24)23-10-8-15(9-11-23)21-19(25)22-17-7-6-13(3)12-16(17)20/h6-7,12,14-15H,4-5,8-11H2,1-3H3,(H2,21,22,25). The van der Waals surface area contributed by atoms with E-state index in [1.54, 1.807) is 0 Å². The second kappa shape index (κ2) is 9.22. The zero-order chi connectivity index (χ0) is 18.4. The van der Waals surface area contributed by atoms with Crippen LogP contribution in [0, 0.1) is 12.8 Å². The molecular formula is C19H28BrN3O2. The van der Waals surface area contributed by atoms with Crippen LogP contribution in [0.5, 0.6) is 0 Å². The van der Waals surface area contributed by atoms with Gasteiger partial charge < -0.3 is 15.5 Å². The summed E-state index contributed by atoms with van der Waals surface area (Å²) < 4.78 is 0.869. The fourth-order valence-electron chi connectivity index (χ4n) is 3.21. The van der Waals surface area contributed by atoms with Gasteiger partial charge in [-0.2, -0.15) is 0 Å². The van der Waals surface area contributed by atoms with Gasteiger partial charge >= 0.3 is 6.03 Å². The Labute approximate surface area is 158 Å². The molecule has 138 valence electrons. The van der Waals surface area contributed by atoms with Crippen LogP contribution < -0.4 is 10.6 Å². The maximum atomic E-state index is 12.4. The Balaban J connectivity index is 1.81. The predicted molar refractivity (Wildman–Crippen MR) is 105 cm³/mol. The van der Waals surface area contributed by atoms with E-state index in [0.29, 0.717) is 13.1 Å². The van der Waals surface area contributed by atoms with Crippen molar-refractivity contribution in [1.82, 2.24) is 10.2 Å². The number of hydrogen-bond acceptors (Lipinski definition) is 2. The third kappa shape index (κ3) is 5.46. The summed E-state index contributed by atoms with van der Waals surface area (Å²) in [6.07, 6.45) is 3.38. The molecule has 1 heterocycles. The van der Waals surface area contributed by atoms with E-state index in [9.17, 15) is 9.59 Å². The molecule has 0 radical (unpaired) electrons. The fourth-order valence-corrected chi connectivity index (χ4v) is 3.80. The van der Waals surface area contributed by atoms with Crippen molar-refractivity contribution < 1.29 is 9.59 Å². The van der Waals surface area contributed by atoms with Gasteiger partial charge in [0.1, 0.15) is 0 Å². The molecule has 25 heavy (non-hydrogen) atoms. The molecule has 0 unspecified atom stereocenters. The highest BCUT2D eigenvalue weighted by Crippen LogP contribution is 2.23. The van der Waals surface area contributed by atoms with Gasteiger partial charge in [-0.1, -0.05) is 19.9 Å². The van der Waals surface area contributed by atoms with Crippen molar-refractivity contribution in [3.8, 4) is 0 Å². The van der Waals surface area contributed by atoms with Gasteiger partial charge in [-0.05, 0) is 66.2 Å². The molecule has 0 aromatic heterocycles. The highest BCUT2D eigenvalue weighted by atomic mass is 79.9. The summed E-state index contributed by atoms with van der Waals surface area (Å²) >= 11 is 3.47. The van der Waals surface area contributed by atoms with Crippen molar-refractivity contribution in [3.05, 3.63) is 28.2 Å². The van der Waals surface area contributed by atoms with Gasteiger partial charge in [-0.3, -0.25) is 4.79 Å². The molecule has 0 atom stereocenters. The zero-order valence-electron chi connectivity index (χ0n) is 15.3. The molecule has 1 aliphatic heterocycles. The van der Waals surface area contributed by atoms with Crippen LogP contribution in [0.25, 0.3) is 0 Å². The first-order valence-electron chi connectivity index (χ1n) is 9.07. The number of carbonyl (C=O) groups is 2. The number of piperidine rings is 1. The molecule has 5 nitrogen and oxygen atoms in total. The van der Waals surface area contributed by atoms with E-state index in [1.165, 1.54) is 0 Å². The normalized spacial score (nSPS) is 15.3. The van der Waals surface area contributed by atoms with E-state index in [4.69, 9.17) is 0 Å². The summed E-state index contributed by atoms with van der Waals surface area (Å²) in [6.45, 7) is 7.57. The summed E-state index contributed by atoms with van der Waals surface area (Å²) in [4.78, 5) is 26.6. The molecule has 1 aliphatic rings. The number of halogens is 1. The van der Waals surface area contributed by atoms with Gasteiger partial charge in [0.05, 0.1) is 5.69 Å². The minimum absolute atomic E-state index is 0.106. The molecular weight excluding hydrogens is 382 g/mol.